The van der Waals surface area contributed by atoms with Crippen molar-refractivity contribution in [2.24, 2.45) is 0 Å². The molecule has 76 valence electrons. The minimum Gasteiger partial charge on any atom is -0.475 e. The van der Waals surface area contributed by atoms with Crippen LogP contribution >= 0.6 is 0 Å². The summed E-state index contributed by atoms with van der Waals surface area (Å²) in [6.45, 7) is 1.21. The zero-order valence-corrected chi connectivity index (χ0v) is 7.51. The molecule has 0 bridgehead atoms. The van der Waals surface area contributed by atoms with Crippen LogP contribution in [0.25, 0.3) is 0 Å². The van der Waals surface area contributed by atoms with Gasteiger partial charge in [-0.3, -0.25) is 0 Å². The summed E-state index contributed by atoms with van der Waals surface area (Å²) >= 11 is 0. The fourth-order valence-corrected chi connectivity index (χ4v) is 1.55. The van der Waals surface area contributed by atoms with Gasteiger partial charge in [0, 0.05) is 19.2 Å². The second-order valence-corrected chi connectivity index (χ2v) is 3.33. The van der Waals surface area contributed by atoms with E-state index >= 15 is 0 Å². The summed E-state index contributed by atoms with van der Waals surface area (Å²) < 4.78 is 5.09. The van der Waals surface area contributed by atoms with Crippen LogP contribution in [0, 0.1) is 0 Å². The molecule has 5 heteroatoms. The topological polar surface area (TPSA) is 73.9 Å². The monoisotopic (exact) mass is 197 g/mol. The van der Waals surface area contributed by atoms with Gasteiger partial charge in [0.25, 0.3) is 0 Å². The summed E-state index contributed by atoms with van der Waals surface area (Å²) in [4.78, 5) is 12.4. The van der Waals surface area contributed by atoms with Gasteiger partial charge >= 0.3 is 5.97 Å². The highest BCUT2D eigenvalue weighted by Gasteiger charge is 2.23. The van der Waals surface area contributed by atoms with E-state index in [1.54, 1.807) is 6.07 Å². The lowest BCUT2D eigenvalue weighted by Gasteiger charge is -2.12. The zero-order chi connectivity index (χ0) is 10.1. The van der Waals surface area contributed by atoms with Crippen LogP contribution in [-0.4, -0.2) is 35.4 Å². The number of aliphatic hydroxyl groups excluding tert-OH is 1. The van der Waals surface area contributed by atoms with Crippen molar-refractivity contribution in [1.29, 1.82) is 0 Å². The Hall–Kier alpha value is -1.49. The normalized spacial score (nSPS) is 21.5. The molecule has 14 heavy (non-hydrogen) atoms. The first-order valence-corrected chi connectivity index (χ1v) is 4.43. The van der Waals surface area contributed by atoms with Gasteiger partial charge in [-0.25, -0.2) is 4.79 Å². The van der Waals surface area contributed by atoms with Gasteiger partial charge in [0.05, 0.1) is 6.10 Å². The lowest BCUT2D eigenvalue weighted by Crippen LogP contribution is -2.20. The Bertz CT molecular complexity index is 346. The van der Waals surface area contributed by atoms with Crippen LogP contribution in [0.2, 0.25) is 0 Å². The second kappa shape index (κ2) is 3.34. The minimum atomic E-state index is -1.07. The molecule has 0 saturated carbocycles. The highest BCUT2D eigenvalue weighted by Crippen LogP contribution is 2.22. The van der Waals surface area contributed by atoms with Crippen LogP contribution in [0.5, 0.6) is 0 Å². The third-order valence-electron chi connectivity index (χ3n) is 2.28. The molecule has 1 aliphatic rings. The number of β-amino-alcohol motifs (C(OH)–C–C–N with tert-alkyl or cyclic N) is 1. The Labute approximate surface area is 80.6 Å². The molecular weight excluding hydrogens is 186 g/mol. The second-order valence-electron chi connectivity index (χ2n) is 3.33. The summed E-state index contributed by atoms with van der Waals surface area (Å²) in [5, 5.41) is 17.9. The number of anilines is 1. The molecule has 5 nitrogen and oxygen atoms in total. The van der Waals surface area contributed by atoms with Crippen LogP contribution in [-0.2, 0) is 0 Å². The van der Waals surface area contributed by atoms with Gasteiger partial charge in [-0.05, 0) is 12.5 Å². The number of carbonyl (C=O) groups is 1. The van der Waals surface area contributed by atoms with Crippen LogP contribution in [0.3, 0.4) is 0 Å². The van der Waals surface area contributed by atoms with Crippen molar-refractivity contribution in [2.75, 3.05) is 18.0 Å². The Balaban J connectivity index is 2.13. The van der Waals surface area contributed by atoms with Crippen LogP contribution in [0.4, 0.5) is 5.88 Å². The van der Waals surface area contributed by atoms with Crippen molar-refractivity contribution in [3.05, 3.63) is 17.9 Å². The van der Waals surface area contributed by atoms with Gasteiger partial charge in [-0.1, -0.05) is 0 Å². The first kappa shape index (κ1) is 9.08. The van der Waals surface area contributed by atoms with Gasteiger partial charge in [-0.15, -0.1) is 0 Å². The highest BCUT2D eigenvalue weighted by molar-refractivity contribution is 5.84. The number of rotatable bonds is 2. The van der Waals surface area contributed by atoms with E-state index in [4.69, 9.17) is 9.52 Å². The van der Waals surface area contributed by atoms with E-state index in [2.05, 4.69) is 0 Å². The van der Waals surface area contributed by atoms with Gasteiger partial charge in [0.2, 0.25) is 5.76 Å². The highest BCUT2D eigenvalue weighted by atomic mass is 16.4. The maximum absolute atomic E-state index is 10.5. The van der Waals surface area contributed by atoms with Gasteiger partial charge < -0.3 is 19.5 Å². The molecular formula is C9H11NO4. The van der Waals surface area contributed by atoms with E-state index in [0.717, 1.165) is 0 Å². The molecule has 1 saturated heterocycles. The molecule has 0 aliphatic carbocycles. The SMILES string of the molecule is O=C(O)c1ccc(N2CCC(O)C2)o1. The number of hydrogen-bond donors (Lipinski definition) is 2. The summed E-state index contributed by atoms with van der Waals surface area (Å²) in [6.07, 6.45) is 0.358. The molecule has 1 unspecified atom stereocenters. The molecule has 2 heterocycles. The largest absolute Gasteiger partial charge is 0.475 e. The van der Waals surface area contributed by atoms with Gasteiger partial charge in [0.15, 0.2) is 5.88 Å². The van der Waals surface area contributed by atoms with E-state index in [-0.39, 0.29) is 11.9 Å². The lowest BCUT2D eigenvalue weighted by atomic mass is 10.3. The fourth-order valence-electron chi connectivity index (χ4n) is 1.55. The third-order valence-corrected chi connectivity index (χ3v) is 2.28. The molecule has 1 aromatic rings. The van der Waals surface area contributed by atoms with Crippen LogP contribution in [0.15, 0.2) is 16.5 Å². The maximum atomic E-state index is 10.5. The molecule has 1 fully saturated rings. The number of aliphatic hydroxyl groups is 1. The fraction of sp³-hybridized carbons (Fsp3) is 0.444. The molecule has 0 amide bonds. The van der Waals surface area contributed by atoms with Gasteiger partial charge in [0.1, 0.15) is 0 Å². The smallest absolute Gasteiger partial charge is 0.371 e. The number of hydrogen-bond acceptors (Lipinski definition) is 4. The first-order chi connectivity index (χ1) is 6.66. The minimum absolute atomic E-state index is 0.0682. The number of aromatic carboxylic acids is 1. The average molecular weight is 197 g/mol. The Morgan fingerprint density at radius 3 is 2.86 bits per heavy atom. The standard InChI is InChI=1S/C9H11NO4/c11-6-3-4-10(5-6)8-2-1-7(14-8)9(12)13/h1-2,6,11H,3-5H2,(H,12,13). The summed E-state index contributed by atoms with van der Waals surface area (Å²) in [6, 6.07) is 3.03. The number of carboxylic acid groups (broad SMARTS) is 1. The Morgan fingerprint density at radius 1 is 1.57 bits per heavy atom. The van der Waals surface area contributed by atoms with Crippen LogP contribution in [0.1, 0.15) is 17.0 Å². The maximum Gasteiger partial charge on any atom is 0.371 e. The summed E-state index contributed by atoms with van der Waals surface area (Å²) in [7, 11) is 0. The van der Waals surface area contributed by atoms with Crippen molar-refractivity contribution < 1.29 is 19.4 Å². The van der Waals surface area contributed by atoms with Crippen molar-refractivity contribution in [3.63, 3.8) is 0 Å². The molecule has 0 radical (unpaired) electrons. The molecule has 0 spiro atoms. The molecule has 1 atom stereocenters. The predicted octanol–water partition coefficient (Wildman–Crippen LogP) is 0.549. The Kier molecular flexibility index (Phi) is 2.17. The van der Waals surface area contributed by atoms with Crippen molar-refractivity contribution >= 4 is 11.9 Å². The molecule has 2 N–H and O–H groups in total. The van der Waals surface area contributed by atoms with E-state index in [1.807, 2.05) is 4.90 Å². The van der Waals surface area contributed by atoms with E-state index < -0.39 is 5.97 Å². The summed E-state index contributed by atoms with van der Waals surface area (Å²) in [5.41, 5.74) is 0. The van der Waals surface area contributed by atoms with Crippen LogP contribution < -0.4 is 4.90 Å². The van der Waals surface area contributed by atoms with Crippen molar-refractivity contribution in [2.45, 2.75) is 12.5 Å². The van der Waals surface area contributed by atoms with E-state index in [1.165, 1.54) is 6.07 Å². The molecule has 1 aromatic heterocycles. The summed E-state index contributed by atoms with van der Waals surface area (Å²) in [5.74, 6) is -0.628. The number of nitrogens with zero attached hydrogens (tertiary/aromatic N) is 1. The average Bonchev–Trinajstić information content (AvgIpc) is 2.70. The quantitative estimate of drug-likeness (QED) is 0.724. The zero-order valence-electron chi connectivity index (χ0n) is 7.51. The first-order valence-electron chi connectivity index (χ1n) is 4.43. The van der Waals surface area contributed by atoms with Gasteiger partial charge in [-0.2, -0.15) is 0 Å². The molecule has 0 aromatic carbocycles. The third kappa shape index (κ3) is 1.58. The Morgan fingerprint density at radius 2 is 2.36 bits per heavy atom. The lowest BCUT2D eigenvalue weighted by molar-refractivity contribution is 0.0663. The predicted molar refractivity (Wildman–Crippen MR) is 48.5 cm³/mol. The molecule has 1 aliphatic heterocycles. The number of furan rings is 1. The van der Waals surface area contributed by atoms with E-state index in [0.29, 0.717) is 25.4 Å². The van der Waals surface area contributed by atoms with E-state index in [9.17, 15) is 9.90 Å². The number of carboxylic acids is 1. The van der Waals surface area contributed by atoms with Crippen molar-refractivity contribution in [1.82, 2.24) is 0 Å². The van der Waals surface area contributed by atoms with Crippen molar-refractivity contribution in [3.8, 4) is 0 Å². The molecule has 2 rings (SSSR count).